The van der Waals surface area contributed by atoms with Crippen LogP contribution in [0.15, 0.2) is 48.8 Å². The van der Waals surface area contributed by atoms with E-state index in [2.05, 4.69) is 21.2 Å². The smallest absolute Gasteiger partial charge is 0.459 e. The molecule has 0 amide bonds. The fourth-order valence-electron chi connectivity index (χ4n) is 7.59. The second-order valence-corrected chi connectivity index (χ2v) is 17.5. The molecule has 5 N–H and O–H groups in total. The topological polar surface area (TPSA) is 264 Å². The Kier molecular flexibility index (Phi) is 11.7. The number of hydrogen-bond donors (Lipinski definition) is 4. The van der Waals surface area contributed by atoms with Gasteiger partial charge in [-0.3, -0.25) is 23.7 Å². The Labute approximate surface area is 328 Å². The van der Waals surface area contributed by atoms with Gasteiger partial charge in [0, 0.05) is 11.8 Å². The minimum Gasteiger partial charge on any atom is -0.481 e. The van der Waals surface area contributed by atoms with E-state index in [9.17, 15) is 39.2 Å². The third-order valence-corrected chi connectivity index (χ3v) is 12.9. The van der Waals surface area contributed by atoms with Gasteiger partial charge in [0.1, 0.15) is 41.9 Å². The van der Waals surface area contributed by atoms with Gasteiger partial charge in [0.25, 0.3) is 0 Å². The summed E-state index contributed by atoms with van der Waals surface area (Å²) in [5.74, 6) is -7.02. The zero-order valence-corrected chi connectivity index (χ0v) is 32.9. The van der Waals surface area contributed by atoms with E-state index in [1.165, 1.54) is 56.5 Å². The Bertz CT molecular complexity index is 2100. The second-order valence-electron chi connectivity index (χ2n) is 15.8. The Hall–Kier alpha value is -5.08. The molecule has 3 aromatic rings. The molecule has 6 atom stereocenters. The van der Waals surface area contributed by atoms with E-state index in [1.807, 2.05) is 0 Å². The van der Waals surface area contributed by atoms with Crippen LogP contribution in [0.4, 0.5) is 5.82 Å². The fourth-order valence-corrected chi connectivity index (χ4v) is 9.09. The Morgan fingerprint density at radius 1 is 1.02 bits per heavy atom. The summed E-state index contributed by atoms with van der Waals surface area (Å²) in [6, 6.07) is 11.4. The van der Waals surface area contributed by atoms with Crippen LogP contribution in [-0.2, 0) is 48.1 Å². The summed E-state index contributed by atoms with van der Waals surface area (Å²) in [6.45, 7) is 4.68. The molecule has 57 heavy (non-hydrogen) atoms. The summed E-state index contributed by atoms with van der Waals surface area (Å²) in [4.78, 5) is 56.8. The van der Waals surface area contributed by atoms with E-state index < -0.39 is 91.2 Å². The highest BCUT2D eigenvalue weighted by atomic mass is 31.2. The number of carboxylic acid groups (broad SMARTS) is 2. The molecule has 0 spiro atoms. The molecule has 18 nitrogen and oxygen atoms in total. The Morgan fingerprint density at radius 2 is 1.65 bits per heavy atom. The summed E-state index contributed by atoms with van der Waals surface area (Å²) in [6.07, 6.45) is 2.70. The zero-order chi connectivity index (χ0) is 41.3. The highest BCUT2D eigenvalue weighted by molar-refractivity contribution is 7.52. The van der Waals surface area contributed by atoms with Crippen LogP contribution >= 0.6 is 7.75 Å². The van der Waals surface area contributed by atoms with Crippen molar-refractivity contribution in [2.24, 2.45) is 22.7 Å². The molecule has 2 aromatic heterocycles. The van der Waals surface area contributed by atoms with Crippen molar-refractivity contribution in [3.8, 4) is 11.8 Å². The average Bonchev–Trinajstić information content (AvgIpc) is 3.72. The van der Waals surface area contributed by atoms with Gasteiger partial charge in [-0.15, -0.1) is 0 Å². The zero-order valence-electron chi connectivity index (χ0n) is 32.0. The molecule has 3 fully saturated rings. The molecular formula is C38H47N6O12P. The first kappa shape index (κ1) is 41.6. The monoisotopic (exact) mass is 810 g/mol. The lowest BCUT2D eigenvalue weighted by molar-refractivity contribution is -0.162. The number of ether oxygens (including phenoxy) is 3. The van der Waals surface area contributed by atoms with Gasteiger partial charge in [0.05, 0.1) is 35.7 Å². The fraction of sp³-hybridized carbons (Fsp3) is 0.553. The number of carbonyl (C=O) groups excluding carboxylic acids is 2. The molecule has 0 unspecified atom stereocenters. The normalized spacial score (nSPS) is 24.3. The van der Waals surface area contributed by atoms with Crippen molar-refractivity contribution >= 4 is 43.0 Å². The first-order chi connectivity index (χ1) is 26.9. The molecule has 1 aliphatic heterocycles. The first-order valence-corrected chi connectivity index (χ1v) is 20.3. The largest absolute Gasteiger partial charge is 0.481 e. The molecule has 6 rings (SSSR count). The number of benzene rings is 1. The number of carbonyl (C=O) groups is 4. The molecule has 2 aliphatic carbocycles. The van der Waals surface area contributed by atoms with Crippen LogP contribution in [0.1, 0.15) is 78.3 Å². The van der Waals surface area contributed by atoms with Crippen LogP contribution in [0.25, 0.3) is 5.52 Å². The van der Waals surface area contributed by atoms with Gasteiger partial charge >= 0.3 is 31.6 Å². The van der Waals surface area contributed by atoms with Crippen LogP contribution in [0.5, 0.6) is 5.75 Å². The number of rotatable bonds is 17. The van der Waals surface area contributed by atoms with Gasteiger partial charge < -0.3 is 34.7 Å². The van der Waals surface area contributed by atoms with E-state index in [-0.39, 0.29) is 28.9 Å². The van der Waals surface area contributed by atoms with E-state index in [4.69, 9.17) is 29.0 Å². The summed E-state index contributed by atoms with van der Waals surface area (Å²) in [5, 5.41) is 39.2. The van der Waals surface area contributed by atoms with Crippen molar-refractivity contribution in [2.75, 3.05) is 12.3 Å². The molecule has 2 saturated carbocycles. The van der Waals surface area contributed by atoms with Gasteiger partial charge in [-0.25, -0.2) is 14.1 Å². The van der Waals surface area contributed by atoms with Crippen molar-refractivity contribution < 1.29 is 57.2 Å². The number of nitrogens with zero attached hydrogens (tertiary/aromatic N) is 4. The van der Waals surface area contributed by atoms with Crippen molar-refractivity contribution in [1.82, 2.24) is 19.7 Å². The lowest BCUT2D eigenvalue weighted by atomic mass is 9.57. The number of nitrogens with one attached hydrogen (secondary N) is 1. The van der Waals surface area contributed by atoms with Crippen molar-refractivity contribution in [3.63, 3.8) is 0 Å². The summed E-state index contributed by atoms with van der Waals surface area (Å²) in [7, 11) is -4.79. The number of nitrogen functional groups attached to an aromatic ring is 1. The molecule has 1 saturated heterocycles. The maximum atomic E-state index is 15.0. The van der Waals surface area contributed by atoms with Crippen LogP contribution in [0.2, 0.25) is 0 Å². The highest BCUT2D eigenvalue weighted by Gasteiger charge is 2.68. The van der Waals surface area contributed by atoms with Gasteiger partial charge in [0.15, 0.2) is 5.82 Å². The number of fused-ring (bicyclic) bond motifs is 1. The molecular weight excluding hydrogens is 763 g/mol. The number of esters is 2. The van der Waals surface area contributed by atoms with E-state index in [0.717, 1.165) is 19.2 Å². The van der Waals surface area contributed by atoms with E-state index >= 15 is 0 Å². The predicted octanol–water partition coefficient (Wildman–Crippen LogP) is 4.63. The number of anilines is 1. The SMILES string of the molecule is CC(C)(C(=O)O)[C@@H]1[C@H](CO[P@](=O)(N[C@@H](CC(=O)OC2CCC2)C(=O)OC2CCC2)Oc2ccccc2)O[C@@](C#N)(c2ccc3c(N)ncnn23)[C@H]1C(C)(C)C(=O)O. The number of nitriles is 1. The lowest BCUT2D eigenvalue weighted by Gasteiger charge is -2.42. The number of hydrogen-bond acceptors (Lipinski definition) is 14. The standard InChI is InChI=1S/C38H47N6O12P/c1-36(2,34(47)48)30-27(55-38(20-39,31(30)37(3,4)35(49)50)28-17-16-26-32(40)41-21-42-44(26)28)19-52-57(51,56-24-10-6-5-7-11-24)43-25(33(46)54-23-14-9-15-23)18-29(45)53-22-12-8-13-22/h5-7,10-11,16-17,21-23,25,27,30-31H,8-9,12-15,18-19H2,1-4H3,(H,43,51)(H,47,48)(H,49,50)(H2,40,41,42)/t25-,27-,30+,31+,38-,57+/m0/s1. The van der Waals surface area contributed by atoms with Crippen LogP contribution in [0.3, 0.4) is 0 Å². The molecule has 19 heteroatoms. The number of aromatic nitrogens is 3. The van der Waals surface area contributed by atoms with Gasteiger partial charge in [0.2, 0.25) is 5.60 Å². The van der Waals surface area contributed by atoms with Crippen molar-refractivity contribution in [1.29, 1.82) is 5.26 Å². The Morgan fingerprint density at radius 3 is 2.23 bits per heavy atom. The third kappa shape index (κ3) is 8.20. The predicted molar refractivity (Wildman–Crippen MR) is 199 cm³/mol. The minimum absolute atomic E-state index is 0.0349. The van der Waals surface area contributed by atoms with Gasteiger partial charge in [-0.1, -0.05) is 18.2 Å². The van der Waals surface area contributed by atoms with Crippen LogP contribution in [0, 0.1) is 34.0 Å². The average molecular weight is 811 g/mol. The van der Waals surface area contributed by atoms with Gasteiger partial charge in [-0.2, -0.15) is 15.4 Å². The molecule has 0 bridgehead atoms. The maximum absolute atomic E-state index is 15.0. The molecule has 0 radical (unpaired) electrons. The van der Waals surface area contributed by atoms with Crippen molar-refractivity contribution in [3.05, 3.63) is 54.5 Å². The molecule has 3 heterocycles. The summed E-state index contributed by atoms with van der Waals surface area (Å²) >= 11 is 0. The van der Waals surface area contributed by atoms with Crippen LogP contribution in [-0.4, -0.2) is 79.6 Å². The lowest BCUT2D eigenvalue weighted by Crippen LogP contribution is -2.52. The minimum atomic E-state index is -4.79. The summed E-state index contributed by atoms with van der Waals surface area (Å²) < 4.78 is 45.9. The third-order valence-electron chi connectivity index (χ3n) is 11.3. The quantitative estimate of drug-likeness (QED) is 0.107. The molecule has 306 valence electrons. The highest BCUT2D eigenvalue weighted by Crippen LogP contribution is 2.60. The number of nitrogens with two attached hydrogens (primary N) is 1. The molecule has 3 aliphatic rings. The van der Waals surface area contributed by atoms with Crippen molar-refractivity contribution in [2.45, 2.75) is 103 Å². The Balaban J connectivity index is 1.41. The molecule has 1 aromatic carbocycles. The first-order valence-electron chi connectivity index (χ1n) is 18.7. The van der Waals surface area contributed by atoms with Crippen LogP contribution < -0.4 is 15.3 Å². The van der Waals surface area contributed by atoms with E-state index in [1.54, 1.807) is 18.2 Å². The van der Waals surface area contributed by atoms with Gasteiger partial charge in [-0.05, 0) is 90.5 Å². The second kappa shape index (κ2) is 16.0. The maximum Gasteiger partial charge on any atom is 0.459 e. The van der Waals surface area contributed by atoms with E-state index in [0.29, 0.717) is 25.7 Å². The number of para-hydroxylation sites is 1. The number of aliphatic carboxylic acids is 2. The number of carboxylic acids is 2. The summed E-state index contributed by atoms with van der Waals surface area (Å²) in [5.41, 5.74) is 0.513.